The lowest BCUT2D eigenvalue weighted by atomic mass is 9.75. The van der Waals surface area contributed by atoms with E-state index in [1.54, 1.807) is 0 Å². The number of hydrogen-bond donors (Lipinski definition) is 2. The van der Waals surface area contributed by atoms with Gasteiger partial charge < -0.3 is 19.3 Å². The summed E-state index contributed by atoms with van der Waals surface area (Å²) in [6, 6.07) is 13.1. The molecule has 2 fully saturated rings. The number of carbonyl (C=O) groups is 4. The zero-order chi connectivity index (χ0) is 30.3. The number of fused-ring (bicyclic) bond motifs is 2. The van der Waals surface area contributed by atoms with Crippen LogP contribution in [0.1, 0.15) is 31.9 Å². The second-order valence-electron chi connectivity index (χ2n) is 10.4. The summed E-state index contributed by atoms with van der Waals surface area (Å²) in [4.78, 5) is 49.5. The first-order valence-corrected chi connectivity index (χ1v) is 12.7. The molecule has 0 aromatic heterocycles. The van der Waals surface area contributed by atoms with Gasteiger partial charge in [0, 0.05) is 13.1 Å². The van der Waals surface area contributed by atoms with Gasteiger partial charge in [0.15, 0.2) is 11.5 Å². The molecule has 41 heavy (non-hydrogen) atoms. The molecule has 5 rings (SSSR count). The molecule has 0 aliphatic carbocycles. The highest BCUT2D eigenvalue weighted by Crippen LogP contribution is 2.51. The van der Waals surface area contributed by atoms with E-state index in [9.17, 15) is 27.6 Å². The molecule has 13 heteroatoms. The molecule has 0 spiro atoms. The maximum Gasteiger partial charge on any atom is 0.490 e. The molecule has 3 heterocycles. The fourth-order valence-electron chi connectivity index (χ4n) is 5.68. The molecule has 10 nitrogen and oxygen atoms in total. The van der Waals surface area contributed by atoms with Crippen LogP contribution in [-0.2, 0) is 23.9 Å². The highest BCUT2D eigenvalue weighted by atomic mass is 19.4. The molecule has 2 saturated heterocycles. The molecule has 2 aromatic carbocycles. The maximum atomic E-state index is 13.2. The van der Waals surface area contributed by atoms with Crippen LogP contribution in [0.5, 0.6) is 11.5 Å². The normalized spacial score (nSPS) is 24.7. The summed E-state index contributed by atoms with van der Waals surface area (Å²) in [5, 5.41) is 10.5. The lowest BCUT2D eigenvalue weighted by molar-refractivity contribution is -0.192. The number of alkyl halides is 3. The first-order valence-electron chi connectivity index (χ1n) is 12.7. The number of amides is 2. The van der Waals surface area contributed by atoms with Crippen molar-refractivity contribution in [1.82, 2.24) is 10.2 Å². The van der Waals surface area contributed by atoms with E-state index in [4.69, 9.17) is 24.1 Å². The Morgan fingerprint density at radius 1 is 1.07 bits per heavy atom. The number of aliphatic carboxylic acids is 1. The molecule has 4 atom stereocenters. The number of hydrogen-bond acceptors (Lipinski definition) is 8. The summed E-state index contributed by atoms with van der Waals surface area (Å²) in [5.74, 6) is -3.83. The zero-order valence-corrected chi connectivity index (χ0v) is 22.7. The Morgan fingerprint density at radius 3 is 2.22 bits per heavy atom. The fourth-order valence-corrected chi connectivity index (χ4v) is 5.68. The van der Waals surface area contributed by atoms with Crippen LogP contribution in [0.25, 0.3) is 11.1 Å². The number of nitrogens with one attached hydrogen (secondary N) is 1. The smallest absolute Gasteiger partial charge is 0.475 e. The fraction of sp³-hybridized carbons (Fsp3) is 0.429. The number of ether oxygens (including phenoxy) is 3. The van der Waals surface area contributed by atoms with E-state index in [0.29, 0.717) is 12.2 Å². The van der Waals surface area contributed by atoms with Crippen LogP contribution in [0.4, 0.5) is 13.2 Å². The van der Waals surface area contributed by atoms with Gasteiger partial charge in [-0.3, -0.25) is 24.6 Å². The number of methoxy groups -OCH3 is 1. The number of carboxylic acids is 1. The Kier molecular flexibility index (Phi) is 8.03. The van der Waals surface area contributed by atoms with Gasteiger partial charge in [-0.05, 0) is 41.2 Å². The summed E-state index contributed by atoms with van der Waals surface area (Å²) < 4.78 is 47.8. The van der Waals surface area contributed by atoms with Crippen molar-refractivity contribution in [2.24, 2.45) is 17.8 Å². The number of carboxylic acid groups (broad SMARTS) is 1. The monoisotopic (exact) mass is 578 g/mol. The van der Waals surface area contributed by atoms with Crippen molar-refractivity contribution in [2.75, 3.05) is 21.0 Å². The third-order valence-electron chi connectivity index (χ3n) is 7.37. The lowest BCUT2D eigenvalue weighted by Crippen LogP contribution is -2.56. The van der Waals surface area contributed by atoms with Crippen molar-refractivity contribution in [3.63, 3.8) is 0 Å². The van der Waals surface area contributed by atoms with E-state index < -0.39 is 41.5 Å². The minimum atomic E-state index is -5.08. The van der Waals surface area contributed by atoms with E-state index >= 15 is 0 Å². The third-order valence-corrected chi connectivity index (χ3v) is 7.37. The Balaban J connectivity index is 0.000000493. The van der Waals surface area contributed by atoms with Gasteiger partial charge in [-0.25, -0.2) is 4.79 Å². The van der Waals surface area contributed by atoms with Gasteiger partial charge in [-0.1, -0.05) is 44.2 Å². The quantitative estimate of drug-likeness (QED) is 0.404. The predicted octanol–water partition coefficient (Wildman–Crippen LogP) is 3.55. The van der Waals surface area contributed by atoms with E-state index in [2.05, 4.69) is 5.32 Å². The third kappa shape index (κ3) is 5.45. The number of carbonyl (C=O) groups excluding carboxylic acids is 3. The molecule has 0 bridgehead atoms. The molecular weight excluding hydrogens is 549 g/mol. The first-order chi connectivity index (χ1) is 19.2. The van der Waals surface area contributed by atoms with Gasteiger partial charge in [0.25, 0.3) is 0 Å². The average Bonchev–Trinajstić information content (AvgIpc) is 3.59. The van der Waals surface area contributed by atoms with Crippen molar-refractivity contribution in [3.05, 3.63) is 48.0 Å². The number of imide groups is 1. The SMILES string of the molecule is COC(=O)[C@]1(CC(C)C)NC(c2ccc(-c3ccc4c(c3)OCO4)cc2)C2C(=O)N(C)C(=O)C21.O=C(O)C(F)(F)F. The van der Waals surface area contributed by atoms with Crippen LogP contribution >= 0.6 is 0 Å². The van der Waals surface area contributed by atoms with Gasteiger partial charge in [-0.15, -0.1) is 0 Å². The molecule has 0 saturated carbocycles. The Hall–Kier alpha value is -4.13. The molecule has 3 unspecified atom stereocenters. The Bertz CT molecular complexity index is 1360. The van der Waals surface area contributed by atoms with E-state index in [0.717, 1.165) is 27.3 Å². The second kappa shape index (κ2) is 11.0. The van der Waals surface area contributed by atoms with Crippen molar-refractivity contribution in [1.29, 1.82) is 0 Å². The van der Waals surface area contributed by atoms with Gasteiger partial charge in [0.05, 0.1) is 18.9 Å². The molecular formula is C28H29F3N2O8. The number of halogens is 3. The van der Waals surface area contributed by atoms with Gasteiger partial charge >= 0.3 is 18.1 Å². The molecule has 0 radical (unpaired) electrons. The minimum Gasteiger partial charge on any atom is -0.475 e. The first kappa shape index (κ1) is 29.8. The number of nitrogens with zero attached hydrogens (tertiary/aromatic N) is 1. The molecule has 3 aliphatic rings. The van der Waals surface area contributed by atoms with Crippen LogP contribution in [0, 0.1) is 17.8 Å². The van der Waals surface area contributed by atoms with Crippen LogP contribution in [0.15, 0.2) is 42.5 Å². The highest BCUT2D eigenvalue weighted by Gasteiger charge is 2.68. The number of benzene rings is 2. The van der Waals surface area contributed by atoms with Crippen molar-refractivity contribution in [2.45, 2.75) is 38.0 Å². The number of likely N-dealkylation sites (tertiary alicyclic amines) is 1. The van der Waals surface area contributed by atoms with Crippen LogP contribution in [0.2, 0.25) is 0 Å². The van der Waals surface area contributed by atoms with Gasteiger partial charge in [0.1, 0.15) is 5.54 Å². The Labute approximate surface area is 233 Å². The molecule has 2 aromatic rings. The molecule has 3 aliphatic heterocycles. The average molecular weight is 579 g/mol. The van der Waals surface area contributed by atoms with Gasteiger partial charge in [0.2, 0.25) is 18.6 Å². The highest BCUT2D eigenvalue weighted by molar-refractivity contribution is 6.09. The van der Waals surface area contributed by atoms with Crippen molar-refractivity contribution < 1.29 is 51.7 Å². The topological polar surface area (TPSA) is 131 Å². The van der Waals surface area contributed by atoms with E-state index in [1.165, 1.54) is 14.2 Å². The molecule has 2 amide bonds. The van der Waals surface area contributed by atoms with Crippen LogP contribution < -0.4 is 14.8 Å². The summed E-state index contributed by atoms with van der Waals surface area (Å²) in [6.45, 7) is 4.19. The summed E-state index contributed by atoms with van der Waals surface area (Å²) >= 11 is 0. The second-order valence-corrected chi connectivity index (χ2v) is 10.4. The van der Waals surface area contributed by atoms with Crippen LogP contribution in [-0.4, -0.2) is 66.4 Å². The number of rotatable bonds is 5. The van der Waals surface area contributed by atoms with Crippen molar-refractivity contribution in [3.8, 4) is 22.6 Å². The minimum absolute atomic E-state index is 0.105. The summed E-state index contributed by atoms with van der Waals surface area (Å²) in [6.07, 6.45) is -4.69. The van der Waals surface area contributed by atoms with Crippen LogP contribution in [0.3, 0.4) is 0 Å². The maximum absolute atomic E-state index is 13.2. The lowest BCUT2D eigenvalue weighted by Gasteiger charge is -2.33. The predicted molar refractivity (Wildman–Crippen MR) is 137 cm³/mol. The summed E-state index contributed by atoms with van der Waals surface area (Å²) in [5.41, 5.74) is 1.53. The zero-order valence-electron chi connectivity index (χ0n) is 22.7. The van der Waals surface area contributed by atoms with Gasteiger partial charge in [-0.2, -0.15) is 13.2 Å². The van der Waals surface area contributed by atoms with Crippen molar-refractivity contribution >= 4 is 23.8 Å². The van der Waals surface area contributed by atoms with E-state index in [1.807, 2.05) is 56.3 Å². The standard InChI is InChI=1S/C26H28N2O6.C2HF3O2/c1-14(2)12-26(25(31)32-4)21-20(23(29)28(3)24(21)30)22(27-26)16-7-5-15(6-8-16)17-9-10-18-19(11-17)34-13-33-18;3-2(4,5)1(6)7/h5-11,14,20-22,27H,12-13H2,1-4H3;(H,6,7)/t20?,21?,22?,26-;/m1./s1. The van der Waals surface area contributed by atoms with E-state index in [-0.39, 0.29) is 24.5 Å². The number of esters is 1. The Morgan fingerprint density at radius 2 is 1.66 bits per heavy atom. The summed E-state index contributed by atoms with van der Waals surface area (Å²) in [7, 11) is 2.81. The molecule has 2 N–H and O–H groups in total. The largest absolute Gasteiger partial charge is 0.490 e. The molecule has 220 valence electrons.